The van der Waals surface area contributed by atoms with Gasteiger partial charge in [-0.05, 0) is 49.4 Å². The lowest BCUT2D eigenvalue weighted by Crippen LogP contribution is -2.27. The molecule has 0 bridgehead atoms. The highest BCUT2D eigenvalue weighted by atomic mass is 14.5. The lowest BCUT2D eigenvalue weighted by molar-refractivity contribution is 0.143. The van der Waals surface area contributed by atoms with Crippen molar-refractivity contribution in [3.05, 3.63) is 0 Å². The molecule has 3 saturated carbocycles. The van der Waals surface area contributed by atoms with Crippen LogP contribution in [0.3, 0.4) is 0 Å². The first kappa shape index (κ1) is 9.24. The van der Waals surface area contributed by atoms with E-state index in [0.717, 1.165) is 5.92 Å². The molecule has 0 amide bonds. The first-order valence-corrected chi connectivity index (χ1v) is 6.95. The molecule has 3 rings (SSSR count). The Morgan fingerprint density at radius 3 is 1.36 bits per heavy atom. The van der Waals surface area contributed by atoms with Gasteiger partial charge < -0.3 is 0 Å². The largest absolute Gasteiger partial charge is 0.0530 e. The second-order valence-electron chi connectivity index (χ2n) is 5.99. The average molecular weight is 192 g/mol. The van der Waals surface area contributed by atoms with E-state index in [0.29, 0.717) is 0 Å². The second kappa shape index (κ2) is 3.87. The highest BCUT2D eigenvalue weighted by molar-refractivity contribution is 4.91. The van der Waals surface area contributed by atoms with Gasteiger partial charge in [0.25, 0.3) is 0 Å². The third-order valence-corrected chi connectivity index (χ3v) is 5.11. The van der Waals surface area contributed by atoms with Crippen LogP contribution >= 0.6 is 0 Å². The molecule has 80 valence electrons. The van der Waals surface area contributed by atoms with E-state index in [2.05, 4.69) is 0 Å². The van der Waals surface area contributed by atoms with Crippen LogP contribution in [0.1, 0.15) is 64.2 Å². The summed E-state index contributed by atoms with van der Waals surface area (Å²) in [7, 11) is 0. The predicted molar refractivity (Wildman–Crippen MR) is 60.1 cm³/mol. The molecule has 3 fully saturated rings. The second-order valence-corrected chi connectivity index (χ2v) is 5.99. The van der Waals surface area contributed by atoms with Crippen LogP contribution in [-0.2, 0) is 0 Å². The number of hydrogen-bond acceptors (Lipinski definition) is 0. The van der Waals surface area contributed by atoms with Gasteiger partial charge in [-0.15, -0.1) is 0 Å². The van der Waals surface area contributed by atoms with Crippen molar-refractivity contribution >= 4 is 0 Å². The molecule has 0 radical (unpaired) electrons. The fraction of sp³-hybridized carbons (Fsp3) is 1.00. The van der Waals surface area contributed by atoms with E-state index >= 15 is 0 Å². The molecule has 0 spiro atoms. The lowest BCUT2D eigenvalue weighted by atomic mass is 9.70. The first-order valence-electron chi connectivity index (χ1n) is 6.95. The van der Waals surface area contributed by atoms with Crippen molar-refractivity contribution in [2.24, 2.45) is 23.7 Å². The molecule has 0 saturated heterocycles. The Hall–Kier alpha value is 0. The van der Waals surface area contributed by atoms with Crippen LogP contribution in [0.4, 0.5) is 0 Å². The van der Waals surface area contributed by atoms with Gasteiger partial charge in [0.1, 0.15) is 0 Å². The minimum absolute atomic E-state index is 1.15. The van der Waals surface area contributed by atoms with Crippen LogP contribution in [0.5, 0.6) is 0 Å². The quantitative estimate of drug-likeness (QED) is 0.608. The first-order chi connectivity index (χ1) is 6.95. The van der Waals surface area contributed by atoms with Gasteiger partial charge in [-0.25, -0.2) is 0 Å². The summed E-state index contributed by atoms with van der Waals surface area (Å²) >= 11 is 0. The van der Waals surface area contributed by atoms with Crippen molar-refractivity contribution in [3.8, 4) is 0 Å². The lowest BCUT2D eigenvalue weighted by Gasteiger charge is -2.36. The Balaban J connectivity index is 1.66. The fourth-order valence-electron chi connectivity index (χ4n) is 4.27. The molecule has 2 unspecified atom stereocenters. The van der Waals surface area contributed by atoms with Crippen LogP contribution in [0.15, 0.2) is 0 Å². The Morgan fingerprint density at radius 1 is 0.429 bits per heavy atom. The minimum Gasteiger partial charge on any atom is -0.0530 e. The molecule has 0 aliphatic heterocycles. The van der Waals surface area contributed by atoms with Crippen LogP contribution in [0, 0.1) is 23.7 Å². The van der Waals surface area contributed by atoms with Crippen molar-refractivity contribution in [1.29, 1.82) is 0 Å². The molecule has 0 aromatic carbocycles. The highest BCUT2D eigenvalue weighted by Crippen LogP contribution is 2.51. The van der Waals surface area contributed by atoms with Crippen molar-refractivity contribution < 1.29 is 0 Å². The van der Waals surface area contributed by atoms with Crippen LogP contribution in [0.2, 0.25) is 0 Å². The summed E-state index contributed by atoms with van der Waals surface area (Å²) in [6.45, 7) is 0. The van der Waals surface area contributed by atoms with E-state index in [4.69, 9.17) is 0 Å². The Labute approximate surface area is 88.5 Å². The summed E-state index contributed by atoms with van der Waals surface area (Å²) < 4.78 is 0. The van der Waals surface area contributed by atoms with E-state index in [-0.39, 0.29) is 0 Å². The smallest absolute Gasteiger partial charge is 0.0355 e. The van der Waals surface area contributed by atoms with E-state index in [1.165, 1.54) is 17.8 Å². The maximum atomic E-state index is 1.59. The van der Waals surface area contributed by atoms with Crippen molar-refractivity contribution in [2.75, 3.05) is 0 Å². The molecular formula is C14H24. The van der Waals surface area contributed by atoms with Gasteiger partial charge in [-0.3, -0.25) is 0 Å². The normalized spacial score (nSPS) is 40.3. The van der Waals surface area contributed by atoms with E-state index < -0.39 is 0 Å². The monoisotopic (exact) mass is 192 g/mol. The average Bonchev–Trinajstić information content (AvgIpc) is 2.94. The molecule has 0 heteroatoms. The van der Waals surface area contributed by atoms with Crippen molar-refractivity contribution in [2.45, 2.75) is 64.2 Å². The molecular weight excluding hydrogens is 168 g/mol. The molecule has 3 aliphatic carbocycles. The van der Waals surface area contributed by atoms with Crippen LogP contribution in [0.25, 0.3) is 0 Å². The topological polar surface area (TPSA) is 0 Å². The summed E-state index contributed by atoms with van der Waals surface area (Å²) in [5, 5.41) is 0. The van der Waals surface area contributed by atoms with Gasteiger partial charge in [0.15, 0.2) is 0 Å². The number of rotatable bonds is 2. The van der Waals surface area contributed by atoms with Gasteiger partial charge in [-0.1, -0.05) is 38.5 Å². The van der Waals surface area contributed by atoms with Gasteiger partial charge in [0.05, 0.1) is 0 Å². The molecule has 3 aliphatic rings. The number of hydrogen-bond donors (Lipinski definition) is 0. The van der Waals surface area contributed by atoms with Crippen molar-refractivity contribution in [3.63, 3.8) is 0 Å². The fourth-order valence-corrected chi connectivity index (χ4v) is 4.27. The van der Waals surface area contributed by atoms with Gasteiger partial charge in [-0.2, -0.15) is 0 Å². The maximum Gasteiger partial charge on any atom is -0.0355 e. The van der Waals surface area contributed by atoms with E-state index in [1.807, 2.05) is 0 Å². The zero-order chi connectivity index (χ0) is 9.38. The third kappa shape index (κ3) is 1.73. The standard InChI is InChI=1S/C14H24/c1-2-6-11(5-1)13-7-3-4-8-14(13)12-9-10-12/h11-14H,1-10H2. The summed E-state index contributed by atoms with van der Waals surface area (Å²) in [4.78, 5) is 0. The summed E-state index contributed by atoms with van der Waals surface area (Å²) in [5.41, 5.74) is 0. The van der Waals surface area contributed by atoms with Crippen LogP contribution < -0.4 is 0 Å². The molecule has 0 N–H and O–H groups in total. The molecule has 14 heavy (non-hydrogen) atoms. The predicted octanol–water partition coefficient (Wildman–Crippen LogP) is 4.39. The zero-order valence-electron chi connectivity index (χ0n) is 9.38. The maximum absolute atomic E-state index is 1.59. The van der Waals surface area contributed by atoms with Gasteiger partial charge in [0, 0.05) is 0 Å². The Morgan fingerprint density at radius 2 is 0.857 bits per heavy atom. The summed E-state index contributed by atoms with van der Waals surface area (Å²) in [6.07, 6.45) is 15.7. The van der Waals surface area contributed by atoms with Gasteiger partial charge in [0.2, 0.25) is 0 Å². The van der Waals surface area contributed by atoms with Crippen molar-refractivity contribution in [1.82, 2.24) is 0 Å². The molecule has 0 aromatic rings. The van der Waals surface area contributed by atoms with E-state index in [9.17, 15) is 0 Å². The Kier molecular flexibility index (Phi) is 2.55. The Bertz CT molecular complexity index is 186. The molecule has 0 aromatic heterocycles. The molecule has 2 atom stereocenters. The third-order valence-electron chi connectivity index (χ3n) is 5.11. The minimum atomic E-state index is 1.15. The van der Waals surface area contributed by atoms with Crippen LogP contribution in [-0.4, -0.2) is 0 Å². The summed E-state index contributed by atoms with van der Waals surface area (Å²) in [6, 6.07) is 0. The molecule has 0 nitrogen and oxygen atoms in total. The van der Waals surface area contributed by atoms with Gasteiger partial charge >= 0.3 is 0 Å². The molecule has 0 heterocycles. The van der Waals surface area contributed by atoms with E-state index in [1.54, 1.807) is 64.2 Å². The zero-order valence-corrected chi connectivity index (χ0v) is 9.38. The SMILES string of the molecule is C1CCC(C2CCCCC2C2CC2)C1. The summed E-state index contributed by atoms with van der Waals surface area (Å²) in [5.74, 6) is 4.67. The highest BCUT2D eigenvalue weighted by Gasteiger charge is 2.41.